The molecule has 0 atom stereocenters. The lowest BCUT2D eigenvalue weighted by Gasteiger charge is -1.94. The first-order valence-corrected chi connectivity index (χ1v) is 3.71. The highest BCUT2D eigenvalue weighted by Crippen LogP contribution is 1.82. The van der Waals surface area contributed by atoms with Gasteiger partial charge in [-0.1, -0.05) is 30.3 Å². The molecule has 0 unspecified atom stereocenters. The lowest BCUT2D eigenvalue weighted by atomic mass is 9.81. The number of amides is 1. The third-order valence-corrected chi connectivity index (χ3v) is 1.10. The maximum atomic E-state index is 9.22. The maximum Gasteiger partial charge on any atom is 0.488 e. The number of benzene rings is 1. The summed E-state index contributed by atoms with van der Waals surface area (Å²) in [5.74, 6) is -0.333. The van der Waals surface area contributed by atoms with E-state index in [1.54, 1.807) is 24.3 Å². The molecule has 0 aliphatic carbocycles. The lowest BCUT2D eigenvalue weighted by molar-refractivity contribution is -0.115. The van der Waals surface area contributed by atoms with E-state index in [4.69, 9.17) is 10.0 Å². The summed E-state index contributed by atoms with van der Waals surface area (Å²) < 4.78 is 0. The van der Waals surface area contributed by atoms with Gasteiger partial charge in [0, 0.05) is 6.92 Å². The van der Waals surface area contributed by atoms with Crippen molar-refractivity contribution in [2.45, 2.75) is 6.92 Å². The summed E-state index contributed by atoms with van der Waals surface area (Å²) in [6.07, 6.45) is 0. The Labute approximate surface area is 77.1 Å². The molecule has 0 bridgehead atoms. The summed E-state index contributed by atoms with van der Waals surface area (Å²) in [6.45, 7) is 1.31. The molecule has 0 radical (unpaired) electrons. The number of carbonyl (C=O) groups excluding carboxylic acids is 1. The van der Waals surface area contributed by atoms with Gasteiger partial charge in [0.1, 0.15) is 0 Å². The van der Waals surface area contributed by atoms with Gasteiger partial charge >= 0.3 is 7.12 Å². The van der Waals surface area contributed by atoms with Gasteiger partial charge in [-0.05, 0) is 5.46 Å². The van der Waals surface area contributed by atoms with Gasteiger partial charge in [-0.15, -0.1) is 0 Å². The molecule has 0 saturated carbocycles. The molecule has 5 heteroatoms. The van der Waals surface area contributed by atoms with E-state index in [-0.39, 0.29) is 5.91 Å². The van der Waals surface area contributed by atoms with Crippen LogP contribution in [0.5, 0.6) is 0 Å². The monoisotopic (exact) mass is 181 g/mol. The average Bonchev–Trinajstić information content (AvgIpc) is 2.05. The van der Waals surface area contributed by atoms with Crippen molar-refractivity contribution in [3.05, 3.63) is 30.3 Å². The molecule has 0 aliphatic rings. The second kappa shape index (κ2) is 6.22. The quantitative estimate of drug-likeness (QED) is 0.478. The molecule has 4 nitrogen and oxygen atoms in total. The van der Waals surface area contributed by atoms with E-state index in [0.717, 1.165) is 0 Å². The second-order valence-electron chi connectivity index (χ2n) is 2.40. The molecule has 70 valence electrons. The minimum atomic E-state index is -1.34. The molecule has 1 aromatic carbocycles. The van der Waals surface area contributed by atoms with Gasteiger partial charge in [0.15, 0.2) is 0 Å². The van der Waals surface area contributed by atoms with Crippen molar-refractivity contribution in [1.29, 1.82) is 0 Å². The zero-order valence-electron chi connectivity index (χ0n) is 7.34. The molecule has 0 aromatic heterocycles. The topological polar surface area (TPSA) is 83.6 Å². The van der Waals surface area contributed by atoms with Crippen LogP contribution in [0, 0.1) is 0 Å². The number of nitrogens with two attached hydrogens (primary N) is 1. The lowest BCUT2D eigenvalue weighted by Crippen LogP contribution is -2.29. The summed E-state index contributed by atoms with van der Waals surface area (Å²) >= 11 is 0. The van der Waals surface area contributed by atoms with Gasteiger partial charge in [-0.25, -0.2) is 0 Å². The van der Waals surface area contributed by atoms with Crippen LogP contribution in [0.4, 0.5) is 0 Å². The normalized spacial score (nSPS) is 8.23. The van der Waals surface area contributed by atoms with Crippen LogP contribution in [0.25, 0.3) is 0 Å². The number of hydrogen-bond acceptors (Lipinski definition) is 3. The minimum Gasteiger partial charge on any atom is -0.423 e. The van der Waals surface area contributed by atoms with Gasteiger partial charge < -0.3 is 15.8 Å². The van der Waals surface area contributed by atoms with Crippen LogP contribution in [-0.4, -0.2) is 23.1 Å². The Bertz CT molecular complexity index is 247. The van der Waals surface area contributed by atoms with E-state index in [1.807, 2.05) is 6.07 Å². The second-order valence-corrected chi connectivity index (χ2v) is 2.40. The van der Waals surface area contributed by atoms with Crippen molar-refractivity contribution < 1.29 is 14.8 Å². The molecule has 0 aliphatic heterocycles. The molecule has 0 spiro atoms. The van der Waals surface area contributed by atoms with Gasteiger partial charge in [0.25, 0.3) is 0 Å². The molecule has 0 heterocycles. The standard InChI is InChI=1S/C6H7BO2.C2H5NO/c8-7(9)6-4-2-1-3-5-6;1-2(3)4/h1-5,8-9H;1H3,(H2,3,4). The number of primary amides is 1. The zero-order chi connectivity index (χ0) is 10.3. The predicted molar refractivity (Wildman–Crippen MR) is 51.1 cm³/mol. The van der Waals surface area contributed by atoms with Crippen molar-refractivity contribution in [3.63, 3.8) is 0 Å². The Hall–Kier alpha value is -1.33. The van der Waals surface area contributed by atoms with Crippen LogP contribution in [-0.2, 0) is 4.79 Å². The van der Waals surface area contributed by atoms with E-state index >= 15 is 0 Å². The zero-order valence-corrected chi connectivity index (χ0v) is 7.34. The van der Waals surface area contributed by atoms with Gasteiger partial charge in [-0.2, -0.15) is 0 Å². The average molecular weight is 181 g/mol. The van der Waals surface area contributed by atoms with Crippen LogP contribution in [0.15, 0.2) is 30.3 Å². The highest BCUT2D eigenvalue weighted by Gasteiger charge is 2.07. The van der Waals surface area contributed by atoms with E-state index in [2.05, 4.69) is 5.73 Å². The molecule has 4 N–H and O–H groups in total. The predicted octanol–water partition coefficient (Wildman–Crippen LogP) is -1.14. The van der Waals surface area contributed by atoms with Crippen molar-refractivity contribution in [1.82, 2.24) is 0 Å². The smallest absolute Gasteiger partial charge is 0.423 e. The van der Waals surface area contributed by atoms with Crippen molar-refractivity contribution in [2.24, 2.45) is 5.73 Å². The maximum absolute atomic E-state index is 9.22. The SMILES string of the molecule is CC(N)=O.OB(O)c1ccccc1. The number of rotatable bonds is 1. The van der Waals surface area contributed by atoms with E-state index < -0.39 is 7.12 Å². The Morgan fingerprint density at radius 2 is 1.69 bits per heavy atom. The minimum absolute atomic E-state index is 0.333. The Kier molecular flexibility index (Phi) is 5.59. The van der Waals surface area contributed by atoms with Crippen LogP contribution in [0.2, 0.25) is 0 Å². The largest absolute Gasteiger partial charge is 0.488 e. The van der Waals surface area contributed by atoms with Crippen LogP contribution >= 0.6 is 0 Å². The fraction of sp³-hybridized carbons (Fsp3) is 0.125. The molecule has 13 heavy (non-hydrogen) atoms. The summed E-state index contributed by atoms with van der Waals surface area (Å²) in [4.78, 5) is 9.22. The highest BCUT2D eigenvalue weighted by molar-refractivity contribution is 6.58. The summed E-state index contributed by atoms with van der Waals surface area (Å²) in [5, 5.41) is 17.2. The Morgan fingerprint density at radius 1 is 1.31 bits per heavy atom. The number of carbonyl (C=O) groups is 1. The van der Waals surface area contributed by atoms with Crippen LogP contribution in [0.3, 0.4) is 0 Å². The molecule has 1 rings (SSSR count). The molecule has 1 aromatic rings. The third kappa shape index (κ3) is 7.05. The first-order chi connectivity index (χ1) is 6.04. The van der Waals surface area contributed by atoms with Gasteiger partial charge in [0.05, 0.1) is 0 Å². The molecular weight excluding hydrogens is 169 g/mol. The van der Waals surface area contributed by atoms with E-state index in [1.165, 1.54) is 6.92 Å². The fourth-order valence-corrected chi connectivity index (χ4v) is 0.625. The first-order valence-electron chi connectivity index (χ1n) is 3.71. The molecule has 0 fully saturated rings. The van der Waals surface area contributed by atoms with E-state index in [9.17, 15) is 4.79 Å². The third-order valence-electron chi connectivity index (χ3n) is 1.10. The number of hydrogen-bond donors (Lipinski definition) is 3. The van der Waals surface area contributed by atoms with Gasteiger partial charge in [0.2, 0.25) is 5.91 Å². The van der Waals surface area contributed by atoms with Crippen LogP contribution < -0.4 is 11.2 Å². The van der Waals surface area contributed by atoms with Crippen LogP contribution in [0.1, 0.15) is 6.92 Å². The Morgan fingerprint density at radius 3 is 1.92 bits per heavy atom. The van der Waals surface area contributed by atoms with Gasteiger partial charge in [-0.3, -0.25) is 4.79 Å². The summed E-state index contributed by atoms with van der Waals surface area (Å²) in [6, 6.07) is 8.66. The fourth-order valence-electron chi connectivity index (χ4n) is 0.625. The Balaban J connectivity index is 0.000000310. The van der Waals surface area contributed by atoms with E-state index in [0.29, 0.717) is 5.46 Å². The summed E-state index contributed by atoms with van der Waals surface area (Å²) in [5.41, 5.74) is 5.00. The van der Waals surface area contributed by atoms with Crippen molar-refractivity contribution >= 4 is 18.5 Å². The highest BCUT2D eigenvalue weighted by atomic mass is 16.4. The molecular formula is C8H12BNO3. The van der Waals surface area contributed by atoms with Crippen molar-refractivity contribution in [2.75, 3.05) is 0 Å². The van der Waals surface area contributed by atoms with Crippen molar-refractivity contribution in [3.8, 4) is 0 Å². The first kappa shape index (κ1) is 11.7. The molecule has 0 saturated heterocycles. The molecule has 1 amide bonds. The summed E-state index contributed by atoms with van der Waals surface area (Å²) in [7, 11) is -1.34.